The van der Waals surface area contributed by atoms with Gasteiger partial charge in [-0.25, -0.2) is 5.10 Å². The number of benzene rings is 2. The minimum Gasteiger partial charge on any atom is -0.344 e. The van der Waals surface area contributed by atoms with Gasteiger partial charge in [0.2, 0.25) is 0 Å². The molecule has 0 radical (unpaired) electrons. The number of carbonyl (C=O) groups is 1. The Morgan fingerprint density at radius 2 is 1.78 bits per heavy atom. The number of H-pyrrole nitrogens is 1. The third-order valence-corrected chi connectivity index (χ3v) is 4.35. The molecule has 0 aliphatic carbocycles. The lowest BCUT2D eigenvalue weighted by molar-refractivity contribution is 0.0935. The zero-order valence-electron chi connectivity index (χ0n) is 12.3. The molecule has 2 aromatic carbocycles. The van der Waals surface area contributed by atoms with Gasteiger partial charge in [0.05, 0.1) is 11.4 Å². The molecule has 1 atom stereocenters. The molecule has 1 amide bonds. The van der Waals surface area contributed by atoms with Crippen LogP contribution in [0.3, 0.4) is 0 Å². The second-order valence-electron chi connectivity index (χ2n) is 5.16. The summed E-state index contributed by atoms with van der Waals surface area (Å²) in [6, 6.07) is 14.4. The monoisotopic (exact) mass is 371 g/mol. The molecule has 0 fully saturated rings. The van der Waals surface area contributed by atoms with Gasteiger partial charge in [-0.2, -0.15) is 5.10 Å². The van der Waals surface area contributed by atoms with Gasteiger partial charge < -0.3 is 5.32 Å². The van der Waals surface area contributed by atoms with Crippen LogP contribution in [-0.2, 0) is 0 Å². The highest BCUT2D eigenvalue weighted by molar-refractivity contribution is 9.10. The number of rotatable bonds is 3. The standard InChI is InChI=1S/C17H14BrN3O2/c1-10(11-6-4-5-9-14(11)18)19-17(23)15-12-7-2-3-8-13(12)16(22)21-20-15/h2-10H,1H3,(H,19,23)(H,21,22). The fourth-order valence-electron chi connectivity index (χ4n) is 2.46. The van der Waals surface area contributed by atoms with Crippen molar-refractivity contribution in [3.05, 3.63) is 74.6 Å². The van der Waals surface area contributed by atoms with Gasteiger partial charge in [0.1, 0.15) is 0 Å². The molecule has 116 valence electrons. The molecule has 0 spiro atoms. The highest BCUT2D eigenvalue weighted by atomic mass is 79.9. The first kappa shape index (κ1) is 15.4. The topological polar surface area (TPSA) is 74.8 Å². The molecule has 0 aliphatic rings. The Hall–Kier alpha value is -2.47. The summed E-state index contributed by atoms with van der Waals surface area (Å²) in [5, 5.41) is 10.2. The van der Waals surface area contributed by atoms with Gasteiger partial charge in [-0.05, 0) is 24.6 Å². The van der Waals surface area contributed by atoms with E-state index in [1.165, 1.54) is 0 Å². The number of hydrogen-bond donors (Lipinski definition) is 2. The summed E-state index contributed by atoms with van der Waals surface area (Å²) >= 11 is 3.48. The molecular formula is C17H14BrN3O2. The first-order valence-electron chi connectivity index (χ1n) is 7.10. The lowest BCUT2D eigenvalue weighted by Crippen LogP contribution is -2.29. The van der Waals surface area contributed by atoms with Crippen molar-refractivity contribution < 1.29 is 4.79 Å². The number of nitrogens with one attached hydrogen (secondary N) is 2. The van der Waals surface area contributed by atoms with Crippen LogP contribution in [0.5, 0.6) is 0 Å². The van der Waals surface area contributed by atoms with E-state index in [-0.39, 0.29) is 23.2 Å². The smallest absolute Gasteiger partial charge is 0.272 e. The number of aromatic amines is 1. The number of aromatic nitrogens is 2. The van der Waals surface area contributed by atoms with Gasteiger partial charge >= 0.3 is 0 Å². The Labute approximate surface area is 140 Å². The summed E-state index contributed by atoms with van der Waals surface area (Å²) in [5.41, 5.74) is 0.865. The van der Waals surface area contributed by atoms with E-state index in [0.29, 0.717) is 10.8 Å². The molecule has 0 saturated carbocycles. The minimum absolute atomic E-state index is 0.203. The molecule has 6 heteroatoms. The van der Waals surface area contributed by atoms with E-state index in [4.69, 9.17) is 0 Å². The Kier molecular flexibility index (Phi) is 4.25. The van der Waals surface area contributed by atoms with E-state index in [2.05, 4.69) is 31.4 Å². The quantitative estimate of drug-likeness (QED) is 0.742. The predicted octanol–water partition coefficient (Wildman–Crippen LogP) is 3.18. The number of amides is 1. The lowest BCUT2D eigenvalue weighted by Gasteiger charge is -2.16. The first-order chi connectivity index (χ1) is 11.1. The maximum Gasteiger partial charge on any atom is 0.272 e. The number of halogens is 1. The first-order valence-corrected chi connectivity index (χ1v) is 7.90. The van der Waals surface area contributed by atoms with E-state index in [9.17, 15) is 9.59 Å². The summed E-state index contributed by atoms with van der Waals surface area (Å²) in [5.74, 6) is -0.333. The van der Waals surface area contributed by atoms with Crippen LogP contribution in [0.25, 0.3) is 10.8 Å². The molecule has 2 N–H and O–H groups in total. The van der Waals surface area contributed by atoms with Crippen LogP contribution in [0.15, 0.2) is 57.8 Å². The molecule has 23 heavy (non-hydrogen) atoms. The molecular weight excluding hydrogens is 358 g/mol. The fourth-order valence-corrected chi connectivity index (χ4v) is 3.08. The summed E-state index contributed by atoms with van der Waals surface area (Å²) in [7, 11) is 0. The maximum atomic E-state index is 12.6. The highest BCUT2D eigenvalue weighted by Crippen LogP contribution is 2.23. The zero-order chi connectivity index (χ0) is 16.4. The molecule has 3 rings (SSSR count). The fraction of sp³-hybridized carbons (Fsp3) is 0.118. The van der Waals surface area contributed by atoms with Crippen LogP contribution in [0.2, 0.25) is 0 Å². The lowest BCUT2D eigenvalue weighted by atomic mass is 10.1. The van der Waals surface area contributed by atoms with Crippen molar-refractivity contribution in [1.82, 2.24) is 15.5 Å². The van der Waals surface area contributed by atoms with Crippen molar-refractivity contribution in [2.75, 3.05) is 0 Å². The number of nitrogens with zero attached hydrogens (tertiary/aromatic N) is 1. The third-order valence-electron chi connectivity index (χ3n) is 3.63. The van der Waals surface area contributed by atoms with Crippen LogP contribution >= 0.6 is 15.9 Å². The SMILES string of the molecule is CC(NC(=O)c1n[nH]c(=O)c2ccccc12)c1ccccc1Br. The molecule has 5 nitrogen and oxygen atoms in total. The van der Waals surface area contributed by atoms with Crippen LogP contribution in [0.4, 0.5) is 0 Å². The summed E-state index contributed by atoms with van der Waals surface area (Å²) in [6.45, 7) is 1.89. The van der Waals surface area contributed by atoms with E-state index in [0.717, 1.165) is 10.0 Å². The molecule has 0 aliphatic heterocycles. The van der Waals surface area contributed by atoms with Crippen molar-refractivity contribution in [3.8, 4) is 0 Å². The van der Waals surface area contributed by atoms with Crippen LogP contribution in [-0.4, -0.2) is 16.1 Å². The largest absolute Gasteiger partial charge is 0.344 e. The van der Waals surface area contributed by atoms with Gasteiger partial charge in [-0.15, -0.1) is 0 Å². The molecule has 3 aromatic rings. The minimum atomic E-state index is -0.333. The molecule has 1 heterocycles. The normalized spacial score (nSPS) is 12.1. The molecule has 0 bridgehead atoms. The summed E-state index contributed by atoms with van der Waals surface area (Å²) in [6.07, 6.45) is 0. The Morgan fingerprint density at radius 3 is 2.52 bits per heavy atom. The van der Waals surface area contributed by atoms with Crippen LogP contribution in [0, 0.1) is 0 Å². The van der Waals surface area contributed by atoms with Crippen molar-refractivity contribution in [3.63, 3.8) is 0 Å². The number of hydrogen-bond acceptors (Lipinski definition) is 3. The molecule has 1 aromatic heterocycles. The second kappa shape index (κ2) is 6.34. The summed E-state index contributed by atoms with van der Waals surface area (Å²) < 4.78 is 0.923. The van der Waals surface area contributed by atoms with Crippen LogP contribution < -0.4 is 10.9 Å². The average molecular weight is 372 g/mol. The van der Waals surface area contributed by atoms with Gasteiger partial charge in [0.25, 0.3) is 11.5 Å². The Balaban J connectivity index is 1.94. The Bertz CT molecular complexity index is 936. The maximum absolute atomic E-state index is 12.6. The third kappa shape index (κ3) is 3.03. The average Bonchev–Trinajstić information content (AvgIpc) is 2.55. The van der Waals surface area contributed by atoms with E-state index < -0.39 is 0 Å². The Morgan fingerprint density at radius 1 is 1.13 bits per heavy atom. The number of fused-ring (bicyclic) bond motifs is 1. The van der Waals surface area contributed by atoms with E-state index in [1.54, 1.807) is 24.3 Å². The summed E-state index contributed by atoms with van der Waals surface area (Å²) in [4.78, 5) is 24.3. The zero-order valence-corrected chi connectivity index (χ0v) is 13.9. The second-order valence-corrected chi connectivity index (χ2v) is 6.02. The molecule has 1 unspecified atom stereocenters. The van der Waals surface area contributed by atoms with Gasteiger partial charge in [0, 0.05) is 9.86 Å². The van der Waals surface area contributed by atoms with E-state index >= 15 is 0 Å². The molecule has 0 saturated heterocycles. The van der Waals surface area contributed by atoms with Crippen molar-refractivity contribution in [2.45, 2.75) is 13.0 Å². The highest BCUT2D eigenvalue weighted by Gasteiger charge is 2.17. The van der Waals surface area contributed by atoms with Gasteiger partial charge in [0.15, 0.2) is 5.69 Å². The van der Waals surface area contributed by atoms with Gasteiger partial charge in [-0.1, -0.05) is 52.3 Å². The van der Waals surface area contributed by atoms with Crippen LogP contribution in [0.1, 0.15) is 29.0 Å². The number of carbonyl (C=O) groups excluding carboxylic acids is 1. The van der Waals surface area contributed by atoms with Crippen molar-refractivity contribution in [2.24, 2.45) is 0 Å². The van der Waals surface area contributed by atoms with Gasteiger partial charge in [-0.3, -0.25) is 9.59 Å². The predicted molar refractivity (Wildman–Crippen MR) is 92.4 cm³/mol. The van der Waals surface area contributed by atoms with E-state index in [1.807, 2.05) is 31.2 Å². The van der Waals surface area contributed by atoms with Crippen molar-refractivity contribution >= 4 is 32.6 Å². The van der Waals surface area contributed by atoms with Crippen molar-refractivity contribution in [1.29, 1.82) is 0 Å².